The van der Waals surface area contributed by atoms with Crippen molar-refractivity contribution < 1.29 is 4.74 Å². The Bertz CT molecular complexity index is 115. The maximum atomic E-state index is 8.27. The summed E-state index contributed by atoms with van der Waals surface area (Å²) in [6, 6.07) is 2.07. The summed E-state index contributed by atoms with van der Waals surface area (Å²) in [6.45, 7) is 6.87. The van der Waals surface area contributed by atoms with Crippen molar-refractivity contribution in [3.8, 4) is 6.07 Å². The second-order valence-corrected chi connectivity index (χ2v) is 2.90. The summed E-state index contributed by atoms with van der Waals surface area (Å²) in [7, 11) is 0. The largest absolute Gasteiger partial charge is 0.377 e. The van der Waals surface area contributed by atoms with Crippen molar-refractivity contribution in [3.63, 3.8) is 0 Å². The highest BCUT2D eigenvalue weighted by molar-refractivity contribution is 4.73. The van der Waals surface area contributed by atoms with Crippen LogP contribution in [0.1, 0.15) is 27.2 Å². The third-order valence-electron chi connectivity index (χ3n) is 1.09. The van der Waals surface area contributed by atoms with Crippen LogP contribution in [-0.4, -0.2) is 12.7 Å². The molecule has 0 rings (SSSR count). The van der Waals surface area contributed by atoms with Gasteiger partial charge in [-0.05, 0) is 12.8 Å². The van der Waals surface area contributed by atoms with Crippen LogP contribution in [0.2, 0.25) is 0 Å². The molecule has 0 aliphatic heterocycles. The maximum Gasteiger partial charge on any atom is 0.0676 e. The molecule has 2 nitrogen and oxygen atoms in total. The van der Waals surface area contributed by atoms with Crippen molar-refractivity contribution in [1.82, 2.24) is 0 Å². The van der Waals surface area contributed by atoms with Crippen molar-refractivity contribution in [2.45, 2.75) is 33.3 Å². The molecule has 0 bridgehead atoms. The number of nitrogens with zero attached hydrogens (tertiary/aromatic N) is 1. The maximum absolute atomic E-state index is 8.27. The Balaban J connectivity index is 3.23. The first-order valence-corrected chi connectivity index (χ1v) is 3.65. The van der Waals surface area contributed by atoms with Gasteiger partial charge >= 0.3 is 0 Å². The van der Waals surface area contributed by atoms with Crippen molar-refractivity contribution in [3.05, 3.63) is 0 Å². The molecule has 0 heterocycles. The van der Waals surface area contributed by atoms with Gasteiger partial charge in [0, 0.05) is 6.61 Å². The Morgan fingerprint density at radius 3 is 2.40 bits per heavy atom. The van der Waals surface area contributed by atoms with Crippen LogP contribution >= 0.6 is 0 Å². The summed E-state index contributed by atoms with van der Waals surface area (Å²) in [5, 5.41) is 8.27. The quantitative estimate of drug-likeness (QED) is 0.599. The molecule has 0 N–H and O–H groups in total. The summed E-state index contributed by atoms with van der Waals surface area (Å²) >= 11 is 0. The van der Waals surface area contributed by atoms with Crippen LogP contribution < -0.4 is 0 Å². The van der Waals surface area contributed by atoms with Crippen LogP contribution in [0.15, 0.2) is 0 Å². The number of hydrogen-bond acceptors (Lipinski definition) is 2. The fraction of sp³-hybridized carbons (Fsp3) is 0.875. The van der Waals surface area contributed by atoms with E-state index in [2.05, 4.69) is 19.9 Å². The van der Waals surface area contributed by atoms with Gasteiger partial charge in [0.05, 0.1) is 18.6 Å². The molecule has 0 saturated carbocycles. The smallest absolute Gasteiger partial charge is 0.0676 e. The molecule has 0 aliphatic carbocycles. The van der Waals surface area contributed by atoms with E-state index in [1.54, 1.807) is 0 Å². The highest BCUT2D eigenvalue weighted by Crippen LogP contribution is 1.99. The molecule has 0 radical (unpaired) electrons. The van der Waals surface area contributed by atoms with Gasteiger partial charge in [-0.15, -0.1) is 0 Å². The van der Waals surface area contributed by atoms with E-state index in [1.807, 2.05) is 6.92 Å². The minimum Gasteiger partial charge on any atom is -0.377 e. The van der Waals surface area contributed by atoms with Crippen LogP contribution in [0.5, 0.6) is 0 Å². The van der Waals surface area contributed by atoms with E-state index in [1.165, 1.54) is 0 Å². The average Bonchev–Trinajstić information content (AvgIpc) is 1.85. The van der Waals surface area contributed by atoms with Gasteiger partial charge in [0.2, 0.25) is 0 Å². The molecule has 10 heavy (non-hydrogen) atoms. The van der Waals surface area contributed by atoms with Crippen molar-refractivity contribution in [2.24, 2.45) is 5.92 Å². The van der Waals surface area contributed by atoms with Crippen LogP contribution in [-0.2, 0) is 4.74 Å². The van der Waals surface area contributed by atoms with E-state index in [0.717, 1.165) is 6.61 Å². The van der Waals surface area contributed by atoms with Gasteiger partial charge in [0.1, 0.15) is 0 Å². The first-order chi connectivity index (χ1) is 4.66. The molecular weight excluding hydrogens is 126 g/mol. The van der Waals surface area contributed by atoms with Gasteiger partial charge in [-0.3, -0.25) is 0 Å². The second-order valence-electron chi connectivity index (χ2n) is 2.90. The molecule has 0 saturated heterocycles. The molecule has 58 valence electrons. The SMILES string of the molecule is CC(C)COC(C)CC#N. The van der Waals surface area contributed by atoms with Crippen molar-refractivity contribution in [1.29, 1.82) is 5.26 Å². The Labute approximate surface area is 62.8 Å². The molecule has 0 aromatic rings. The van der Waals surface area contributed by atoms with E-state index in [-0.39, 0.29) is 6.10 Å². The summed E-state index contributed by atoms with van der Waals surface area (Å²) in [5.74, 6) is 0.557. The molecule has 0 spiro atoms. The summed E-state index contributed by atoms with van der Waals surface area (Å²) < 4.78 is 5.32. The van der Waals surface area contributed by atoms with Crippen molar-refractivity contribution >= 4 is 0 Å². The molecule has 0 fully saturated rings. The fourth-order valence-corrected chi connectivity index (χ4v) is 0.544. The first kappa shape index (κ1) is 9.45. The van der Waals surface area contributed by atoms with E-state index in [4.69, 9.17) is 10.00 Å². The van der Waals surface area contributed by atoms with E-state index >= 15 is 0 Å². The van der Waals surface area contributed by atoms with Gasteiger partial charge in [-0.1, -0.05) is 13.8 Å². The lowest BCUT2D eigenvalue weighted by Gasteiger charge is -2.10. The normalized spacial score (nSPS) is 13.1. The zero-order valence-corrected chi connectivity index (χ0v) is 6.92. The standard InChI is InChI=1S/C8H15NO/c1-7(2)6-10-8(3)4-5-9/h7-8H,4,6H2,1-3H3. The number of nitriles is 1. The predicted molar refractivity (Wildman–Crippen MR) is 40.5 cm³/mol. The lowest BCUT2D eigenvalue weighted by atomic mass is 10.2. The summed E-state index contributed by atoms with van der Waals surface area (Å²) in [4.78, 5) is 0. The Hall–Kier alpha value is -0.550. The highest BCUT2D eigenvalue weighted by atomic mass is 16.5. The lowest BCUT2D eigenvalue weighted by Crippen LogP contribution is -2.11. The van der Waals surface area contributed by atoms with Gasteiger partial charge in [-0.25, -0.2) is 0 Å². The monoisotopic (exact) mass is 141 g/mol. The van der Waals surface area contributed by atoms with E-state index in [0.29, 0.717) is 12.3 Å². The third kappa shape index (κ3) is 5.58. The molecular formula is C8H15NO. The minimum atomic E-state index is 0.0902. The fourth-order valence-electron chi connectivity index (χ4n) is 0.544. The predicted octanol–water partition coefficient (Wildman–Crippen LogP) is 1.96. The Morgan fingerprint density at radius 2 is 2.00 bits per heavy atom. The third-order valence-corrected chi connectivity index (χ3v) is 1.09. The number of hydrogen-bond donors (Lipinski definition) is 0. The topological polar surface area (TPSA) is 33.0 Å². The first-order valence-electron chi connectivity index (χ1n) is 3.65. The lowest BCUT2D eigenvalue weighted by molar-refractivity contribution is 0.0506. The van der Waals surface area contributed by atoms with Gasteiger partial charge in [-0.2, -0.15) is 5.26 Å². The zero-order chi connectivity index (χ0) is 7.98. The van der Waals surface area contributed by atoms with Crippen LogP contribution in [0, 0.1) is 17.2 Å². The van der Waals surface area contributed by atoms with Gasteiger partial charge < -0.3 is 4.74 Å². The second kappa shape index (κ2) is 5.25. The molecule has 0 aromatic carbocycles. The van der Waals surface area contributed by atoms with Crippen LogP contribution in [0.4, 0.5) is 0 Å². The molecule has 2 heteroatoms. The molecule has 0 amide bonds. The molecule has 1 unspecified atom stereocenters. The number of rotatable bonds is 4. The Kier molecular flexibility index (Phi) is 4.96. The van der Waals surface area contributed by atoms with E-state index in [9.17, 15) is 0 Å². The van der Waals surface area contributed by atoms with Crippen LogP contribution in [0.3, 0.4) is 0 Å². The van der Waals surface area contributed by atoms with Crippen LogP contribution in [0.25, 0.3) is 0 Å². The van der Waals surface area contributed by atoms with Crippen molar-refractivity contribution in [2.75, 3.05) is 6.61 Å². The minimum absolute atomic E-state index is 0.0902. The van der Waals surface area contributed by atoms with Gasteiger partial charge in [0.25, 0.3) is 0 Å². The molecule has 0 aliphatic rings. The van der Waals surface area contributed by atoms with E-state index < -0.39 is 0 Å². The summed E-state index contributed by atoms with van der Waals surface area (Å²) in [5.41, 5.74) is 0. The Morgan fingerprint density at radius 1 is 1.40 bits per heavy atom. The molecule has 0 aromatic heterocycles. The summed E-state index contributed by atoms with van der Waals surface area (Å²) in [6.07, 6.45) is 0.583. The average molecular weight is 141 g/mol. The molecule has 1 atom stereocenters. The number of ether oxygens (including phenoxy) is 1. The zero-order valence-electron chi connectivity index (χ0n) is 6.92. The van der Waals surface area contributed by atoms with Gasteiger partial charge in [0.15, 0.2) is 0 Å². The highest BCUT2D eigenvalue weighted by Gasteiger charge is 2.01.